The Balaban J connectivity index is 1.55. The average Bonchev–Trinajstić information content (AvgIpc) is 2.97. The monoisotopic (exact) mass is 443 g/mol. The van der Waals surface area contributed by atoms with Crippen molar-refractivity contribution >= 4 is 33.4 Å². The SMILES string of the molecule is CN(c1ccc(C(=O)CN2C(=O)N[C@@]3(CCOc4ccccc43)C2=O)cc1)S(C)(=O)=O. The van der Waals surface area contributed by atoms with Crippen LogP contribution in [0.15, 0.2) is 48.5 Å². The Hall–Kier alpha value is -3.40. The Kier molecular flexibility index (Phi) is 4.97. The minimum atomic E-state index is -3.43. The third-order valence-corrected chi connectivity index (χ3v) is 6.82. The van der Waals surface area contributed by atoms with Crippen molar-refractivity contribution in [1.29, 1.82) is 0 Å². The predicted molar refractivity (Wildman–Crippen MR) is 112 cm³/mol. The lowest BCUT2D eigenvalue weighted by atomic mass is 9.84. The van der Waals surface area contributed by atoms with Gasteiger partial charge in [0.2, 0.25) is 10.0 Å². The minimum Gasteiger partial charge on any atom is -0.493 e. The molecule has 0 aliphatic carbocycles. The highest BCUT2D eigenvalue weighted by Gasteiger charge is 2.55. The molecule has 0 unspecified atom stereocenters. The van der Waals surface area contributed by atoms with E-state index in [1.165, 1.54) is 31.3 Å². The van der Waals surface area contributed by atoms with E-state index in [0.717, 1.165) is 15.5 Å². The molecule has 162 valence electrons. The number of imide groups is 1. The molecular weight excluding hydrogens is 422 g/mol. The van der Waals surface area contributed by atoms with Crippen molar-refractivity contribution in [3.63, 3.8) is 0 Å². The lowest BCUT2D eigenvalue weighted by Crippen LogP contribution is -2.47. The number of hydrogen-bond donors (Lipinski definition) is 1. The number of amides is 3. The van der Waals surface area contributed by atoms with Crippen LogP contribution in [0, 0.1) is 0 Å². The maximum Gasteiger partial charge on any atom is 0.325 e. The first-order chi connectivity index (χ1) is 14.6. The van der Waals surface area contributed by atoms with Gasteiger partial charge in [-0.3, -0.25) is 18.8 Å². The van der Waals surface area contributed by atoms with Crippen molar-refractivity contribution in [3.05, 3.63) is 59.7 Å². The van der Waals surface area contributed by atoms with Gasteiger partial charge >= 0.3 is 6.03 Å². The summed E-state index contributed by atoms with van der Waals surface area (Å²) in [6.07, 6.45) is 1.35. The summed E-state index contributed by atoms with van der Waals surface area (Å²) in [7, 11) is -2.02. The van der Waals surface area contributed by atoms with Gasteiger partial charge in [0, 0.05) is 24.6 Å². The third-order valence-electron chi connectivity index (χ3n) is 5.61. The van der Waals surface area contributed by atoms with E-state index in [1.54, 1.807) is 24.3 Å². The highest BCUT2D eigenvalue weighted by molar-refractivity contribution is 7.92. The van der Waals surface area contributed by atoms with E-state index < -0.39 is 39.8 Å². The van der Waals surface area contributed by atoms with Gasteiger partial charge in [0.05, 0.1) is 25.1 Å². The molecule has 2 aliphatic rings. The van der Waals surface area contributed by atoms with Gasteiger partial charge in [-0.1, -0.05) is 18.2 Å². The number of urea groups is 1. The first kappa shape index (κ1) is 20.9. The second-order valence-corrected chi connectivity index (χ2v) is 9.54. The highest BCUT2D eigenvalue weighted by atomic mass is 32.2. The molecule has 0 saturated carbocycles. The number of carbonyl (C=O) groups is 3. The van der Waals surface area contributed by atoms with Crippen LogP contribution in [0.1, 0.15) is 22.3 Å². The number of sulfonamides is 1. The van der Waals surface area contributed by atoms with E-state index in [0.29, 0.717) is 17.0 Å². The molecule has 31 heavy (non-hydrogen) atoms. The zero-order valence-corrected chi connectivity index (χ0v) is 17.8. The average molecular weight is 443 g/mol. The summed E-state index contributed by atoms with van der Waals surface area (Å²) in [6.45, 7) is -0.156. The first-order valence-corrected chi connectivity index (χ1v) is 11.4. The molecule has 0 bridgehead atoms. The number of nitrogens with one attached hydrogen (secondary N) is 1. The molecule has 2 aliphatic heterocycles. The topological polar surface area (TPSA) is 113 Å². The number of Topliss-reactive ketones (excluding diaryl/α,β-unsaturated/α-hetero) is 1. The van der Waals surface area contributed by atoms with Crippen molar-refractivity contribution in [2.75, 3.05) is 30.8 Å². The molecule has 2 aromatic rings. The van der Waals surface area contributed by atoms with Crippen LogP contribution >= 0.6 is 0 Å². The van der Waals surface area contributed by atoms with Gasteiger partial charge in [0.25, 0.3) is 5.91 Å². The van der Waals surface area contributed by atoms with Gasteiger partial charge in [0.15, 0.2) is 11.3 Å². The summed E-state index contributed by atoms with van der Waals surface area (Å²) in [4.78, 5) is 39.5. The summed E-state index contributed by atoms with van der Waals surface area (Å²) in [6, 6.07) is 12.3. The molecule has 4 rings (SSSR count). The molecule has 1 spiro atoms. The van der Waals surface area contributed by atoms with Crippen LogP contribution in [0.2, 0.25) is 0 Å². The number of benzene rings is 2. The lowest BCUT2D eigenvalue weighted by Gasteiger charge is -2.33. The number of hydrogen-bond acceptors (Lipinski definition) is 6. The number of ketones is 1. The Labute approximate surface area is 179 Å². The fourth-order valence-electron chi connectivity index (χ4n) is 3.80. The van der Waals surface area contributed by atoms with E-state index in [9.17, 15) is 22.8 Å². The van der Waals surface area contributed by atoms with Crippen LogP contribution < -0.4 is 14.4 Å². The van der Waals surface area contributed by atoms with E-state index in [2.05, 4.69) is 5.32 Å². The molecule has 1 atom stereocenters. The molecule has 3 amide bonds. The molecule has 0 radical (unpaired) electrons. The lowest BCUT2D eigenvalue weighted by molar-refractivity contribution is -0.132. The van der Waals surface area contributed by atoms with Crippen molar-refractivity contribution in [3.8, 4) is 5.75 Å². The molecule has 1 fully saturated rings. The molecule has 1 saturated heterocycles. The zero-order chi connectivity index (χ0) is 22.4. The second-order valence-electron chi connectivity index (χ2n) is 7.52. The molecule has 2 aromatic carbocycles. The van der Waals surface area contributed by atoms with Crippen LogP contribution in [0.25, 0.3) is 0 Å². The summed E-state index contributed by atoms with van der Waals surface area (Å²) >= 11 is 0. The van der Waals surface area contributed by atoms with E-state index in [4.69, 9.17) is 4.74 Å². The third kappa shape index (κ3) is 3.52. The standard InChI is InChI=1S/C21H21N3O6S/c1-23(31(2,28)29)15-9-7-14(8-10-15)17(25)13-24-19(26)21(22-20(24)27)11-12-30-18-6-4-3-5-16(18)21/h3-10H,11-13H2,1-2H3,(H,22,27)/t21-/m1/s1. The number of nitrogens with zero attached hydrogens (tertiary/aromatic N) is 2. The predicted octanol–water partition coefficient (Wildman–Crippen LogP) is 1.49. The van der Waals surface area contributed by atoms with Gasteiger partial charge in [-0.25, -0.2) is 13.2 Å². The zero-order valence-electron chi connectivity index (χ0n) is 17.0. The molecule has 10 heteroatoms. The molecule has 0 aromatic heterocycles. The highest BCUT2D eigenvalue weighted by Crippen LogP contribution is 2.40. The summed E-state index contributed by atoms with van der Waals surface area (Å²) < 4.78 is 30.0. The Morgan fingerprint density at radius 2 is 1.84 bits per heavy atom. The fourth-order valence-corrected chi connectivity index (χ4v) is 4.30. The van der Waals surface area contributed by atoms with E-state index in [1.807, 2.05) is 0 Å². The Morgan fingerprint density at radius 1 is 1.16 bits per heavy atom. The Bertz CT molecular complexity index is 1180. The molecule has 9 nitrogen and oxygen atoms in total. The van der Waals surface area contributed by atoms with Gasteiger partial charge < -0.3 is 10.1 Å². The smallest absolute Gasteiger partial charge is 0.325 e. The molecular formula is C21H21N3O6S. The van der Waals surface area contributed by atoms with E-state index in [-0.39, 0.29) is 18.6 Å². The first-order valence-electron chi connectivity index (χ1n) is 9.57. The van der Waals surface area contributed by atoms with Crippen LogP contribution in [-0.2, 0) is 20.4 Å². The number of rotatable bonds is 5. The van der Waals surface area contributed by atoms with Crippen LogP contribution in [-0.4, -0.2) is 57.5 Å². The molecule has 1 N–H and O–H groups in total. The number of para-hydroxylation sites is 1. The van der Waals surface area contributed by atoms with Gasteiger partial charge in [0.1, 0.15) is 5.75 Å². The van der Waals surface area contributed by atoms with Crippen LogP contribution in [0.4, 0.5) is 10.5 Å². The van der Waals surface area contributed by atoms with Gasteiger partial charge in [-0.2, -0.15) is 0 Å². The van der Waals surface area contributed by atoms with Crippen LogP contribution in [0.5, 0.6) is 5.75 Å². The number of carbonyl (C=O) groups excluding carboxylic acids is 3. The fraction of sp³-hybridized carbons (Fsp3) is 0.286. The Morgan fingerprint density at radius 3 is 2.52 bits per heavy atom. The van der Waals surface area contributed by atoms with Crippen molar-refractivity contribution < 1.29 is 27.5 Å². The quantitative estimate of drug-likeness (QED) is 0.553. The summed E-state index contributed by atoms with van der Waals surface area (Å²) in [5.41, 5.74) is -0.0112. The minimum absolute atomic E-state index is 0.263. The number of ether oxygens (including phenoxy) is 1. The normalized spacial score (nSPS) is 20.3. The number of fused-ring (bicyclic) bond motifs is 2. The van der Waals surface area contributed by atoms with Crippen molar-refractivity contribution in [1.82, 2.24) is 10.2 Å². The maximum absolute atomic E-state index is 13.2. The maximum atomic E-state index is 13.2. The second kappa shape index (κ2) is 7.38. The summed E-state index contributed by atoms with van der Waals surface area (Å²) in [5, 5.41) is 2.75. The van der Waals surface area contributed by atoms with Gasteiger partial charge in [-0.05, 0) is 30.3 Å². The molecule has 2 heterocycles. The van der Waals surface area contributed by atoms with Crippen LogP contribution in [0.3, 0.4) is 0 Å². The van der Waals surface area contributed by atoms with Crippen molar-refractivity contribution in [2.45, 2.75) is 12.0 Å². The van der Waals surface area contributed by atoms with E-state index >= 15 is 0 Å². The largest absolute Gasteiger partial charge is 0.493 e. The number of anilines is 1. The van der Waals surface area contributed by atoms with Gasteiger partial charge in [-0.15, -0.1) is 0 Å². The van der Waals surface area contributed by atoms with Crippen molar-refractivity contribution in [2.24, 2.45) is 0 Å². The summed E-state index contributed by atoms with van der Waals surface area (Å²) in [5.74, 6) is -0.398.